The maximum atomic E-state index is 12.2. The Morgan fingerprint density at radius 1 is 1.35 bits per heavy atom. The predicted molar refractivity (Wildman–Crippen MR) is 92.3 cm³/mol. The van der Waals surface area contributed by atoms with Gasteiger partial charge in [0.2, 0.25) is 0 Å². The van der Waals surface area contributed by atoms with Crippen LogP contribution in [0, 0.1) is 9.49 Å². The minimum Gasteiger partial charge on any atom is -0.349 e. The fraction of sp³-hybridized carbons (Fsp3) is 0.562. The Balaban J connectivity index is 1.87. The third-order valence-electron chi connectivity index (χ3n) is 4.06. The molecule has 1 aliphatic rings. The highest BCUT2D eigenvalue weighted by molar-refractivity contribution is 14.1. The highest BCUT2D eigenvalue weighted by Gasteiger charge is 2.22. The van der Waals surface area contributed by atoms with E-state index in [1.165, 1.54) is 25.7 Å². The zero-order chi connectivity index (χ0) is 14.5. The van der Waals surface area contributed by atoms with Crippen LogP contribution in [0.4, 0.5) is 0 Å². The van der Waals surface area contributed by atoms with Gasteiger partial charge in [0, 0.05) is 15.2 Å². The summed E-state index contributed by atoms with van der Waals surface area (Å²) < 4.78 is 0.973. The van der Waals surface area contributed by atoms with E-state index in [2.05, 4.69) is 34.8 Å². The molecule has 0 bridgehead atoms. The molecule has 1 aromatic rings. The summed E-state index contributed by atoms with van der Waals surface area (Å²) in [6.45, 7) is 2.24. The van der Waals surface area contributed by atoms with Crippen molar-refractivity contribution in [3.63, 3.8) is 0 Å². The van der Waals surface area contributed by atoms with Crippen molar-refractivity contribution >= 4 is 40.1 Å². The van der Waals surface area contributed by atoms with Crippen LogP contribution in [-0.4, -0.2) is 11.9 Å². The van der Waals surface area contributed by atoms with Gasteiger partial charge in [0.1, 0.15) is 0 Å². The van der Waals surface area contributed by atoms with Crippen molar-refractivity contribution in [3.05, 3.63) is 32.4 Å². The zero-order valence-corrected chi connectivity index (χ0v) is 14.7. The number of amides is 1. The lowest BCUT2D eigenvalue weighted by atomic mass is 9.83. The Labute approximate surface area is 139 Å². The van der Waals surface area contributed by atoms with E-state index in [0.29, 0.717) is 16.6 Å². The van der Waals surface area contributed by atoms with Gasteiger partial charge in [-0.1, -0.05) is 31.4 Å². The van der Waals surface area contributed by atoms with Crippen molar-refractivity contribution in [2.45, 2.75) is 51.5 Å². The Morgan fingerprint density at radius 2 is 2.05 bits per heavy atom. The van der Waals surface area contributed by atoms with Crippen molar-refractivity contribution in [3.8, 4) is 0 Å². The van der Waals surface area contributed by atoms with Crippen molar-refractivity contribution in [1.29, 1.82) is 0 Å². The van der Waals surface area contributed by atoms with E-state index in [1.54, 1.807) is 6.07 Å². The summed E-state index contributed by atoms with van der Waals surface area (Å²) in [4.78, 5) is 12.2. The number of carbonyl (C=O) groups is 1. The van der Waals surface area contributed by atoms with Gasteiger partial charge in [-0.3, -0.25) is 4.79 Å². The summed E-state index contributed by atoms with van der Waals surface area (Å²) in [5.41, 5.74) is 0.658. The number of rotatable bonds is 4. The maximum absolute atomic E-state index is 12.2. The SMILES string of the molecule is CCCC1CCC(NC(=O)c2ccc(I)c(Cl)c2)CC1. The second-order valence-corrected chi connectivity index (χ2v) is 7.18. The first-order valence-corrected chi connectivity index (χ1v) is 8.81. The van der Waals surface area contributed by atoms with Crippen LogP contribution in [0.3, 0.4) is 0 Å². The van der Waals surface area contributed by atoms with Crippen LogP contribution < -0.4 is 5.32 Å². The molecule has 1 N–H and O–H groups in total. The van der Waals surface area contributed by atoms with E-state index in [1.807, 2.05) is 12.1 Å². The van der Waals surface area contributed by atoms with Gasteiger partial charge < -0.3 is 5.32 Å². The molecule has 4 heteroatoms. The largest absolute Gasteiger partial charge is 0.349 e. The molecule has 1 fully saturated rings. The minimum absolute atomic E-state index is 0.00208. The highest BCUT2D eigenvalue weighted by Crippen LogP contribution is 2.28. The zero-order valence-electron chi connectivity index (χ0n) is 11.8. The quantitative estimate of drug-likeness (QED) is 0.699. The van der Waals surface area contributed by atoms with E-state index in [0.717, 1.165) is 22.3 Å². The van der Waals surface area contributed by atoms with Crippen LogP contribution in [0.2, 0.25) is 5.02 Å². The van der Waals surface area contributed by atoms with Crippen molar-refractivity contribution < 1.29 is 4.79 Å². The van der Waals surface area contributed by atoms with Gasteiger partial charge in [0.15, 0.2) is 0 Å². The molecule has 0 heterocycles. The molecule has 1 amide bonds. The summed E-state index contributed by atoms with van der Waals surface area (Å²) in [7, 11) is 0. The van der Waals surface area contributed by atoms with Crippen LogP contribution in [0.25, 0.3) is 0 Å². The number of carbonyl (C=O) groups excluding carboxylic acids is 1. The molecule has 1 aliphatic carbocycles. The third kappa shape index (κ3) is 4.35. The van der Waals surface area contributed by atoms with Crippen LogP contribution in [0.1, 0.15) is 55.8 Å². The molecular weight excluding hydrogens is 385 g/mol. The van der Waals surface area contributed by atoms with Crippen LogP contribution in [0.5, 0.6) is 0 Å². The summed E-state index contributed by atoms with van der Waals surface area (Å²) in [5, 5.41) is 3.79. The number of hydrogen-bond acceptors (Lipinski definition) is 1. The van der Waals surface area contributed by atoms with Crippen LogP contribution in [0.15, 0.2) is 18.2 Å². The molecule has 0 atom stereocenters. The number of nitrogens with one attached hydrogen (secondary N) is 1. The lowest BCUT2D eigenvalue weighted by Gasteiger charge is -2.29. The van der Waals surface area contributed by atoms with Gasteiger partial charge in [0.25, 0.3) is 5.91 Å². The Morgan fingerprint density at radius 3 is 2.65 bits per heavy atom. The number of halogens is 2. The average Bonchev–Trinajstić information content (AvgIpc) is 2.44. The second kappa shape index (κ2) is 7.64. The van der Waals surface area contributed by atoms with Crippen molar-refractivity contribution in [2.75, 3.05) is 0 Å². The van der Waals surface area contributed by atoms with Gasteiger partial charge in [-0.25, -0.2) is 0 Å². The van der Waals surface area contributed by atoms with Crippen LogP contribution >= 0.6 is 34.2 Å². The van der Waals surface area contributed by atoms with E-state index in [4.69, 9.17) is 11.6 Å². The molecule has 2 rings (SSSR count). The lowest BCUT2D eigenvalue weighted by molar-refractivity contribution is 0.0921. The summed E-state index contributed by atoms with van der Waals surface area (Å²) in [6.07, 6.45) is 7.29. The number of hydrogen-bond donors (Lipinski definition) is 1. The van der Waals surface area contributed by atoms with Gasteiger partial charge in [-0.15, -0.1) is 0 Å². The van der Waals surface area contributed by atoms with Gasteiger partial charge in [0.05, 0.1) is 5.02 Å². The first-order chi connectivity index (χ1) is 9.60. The van der Waals surface area contributed by atoms with Gasteiger partial charge >= 0.3 is 0 Å². The Bertz CT molecular complexity index is 470. The molecule has 2 nitrogen and oxygen atoms in total. The van der Waals surface area contributed by atoms with Gasteiger partial charge in [-0.05, 0) is 72.4 Å². The summed E-state index contributed by atoms with van der Waals surface area (Å²) >= 11 is 8.23. The number of benzene rings is 1. The minimum atomic E-state index is 0.00208. The van der Waals surface area contributed by atoms with E-state index < -0.39 is 0 Å². The standard InChI is InChI=1S/C16H21ClINO/c1-2-3-11-4-7-13(8-5-11)19-16(20)12-6-9-15(18)14(17)10-12/h6,9-11,13H,2-5,7-8H2,1H3,(H,19,20). The topological polar surface area (TPSA) is 29.1 Å². The van der Waals surface area contributed by atoms with E-state index in [-0.39, 0.29) is 5.91 Å². The molecule has 0 saturated heterocycles. The highest BCUT2D eigenvalue weighted by atomic mass is 127. The Kier molecular flexibility index (Phi) is 6.15. The summed E-state index contributed by atoms with van der Waals surface area (Å²) in [5.74, 6) is 0.864. The fourth-order valence-corrected chi connectivity index (χ4v) is 3.43. The molecule has 0 unspecified atom stereocenters. The van der Waals surface area contributed by atoms with Crippen LogP contribution in [-0.2, 0) is 0 Å². The van der Waals surface area contributed by atoms with Crippen molar-refractivity contribution in [2.24, 2.45) is 5.92 Å². The molecule has 1 aromatic carbocycles. The molecule has 0 spiro atoms. The first-order valence-electron chi connectivity index (χ1n) is 7.36. The smallest absolute Gasteiger partial charge is 0.251 e. The summed E-state index contributed by atoms with van der Waals surface area (Å²) in [6, 6.07) is 5.80. The lowest BCUT2D eigenvalue weighted by Crippen LogP contribution is -2.37. The van der Waals surface area contributed by atoms with Crippen molar-refractivity contribution in [1.82, 2.24) is 5.32 Å². The molecular formula is C16H21ClINO. The van der Waals surface area contributed by atoms with E-state index in [9.17, 15) is 4.79 Å². The monoisotopic (exact) mass is 405 g/mol. The third-order valence-corrected chi connectivity index (χ3v) is 5.63. The maximum Gasteiger partial charge on any atom is 0.251 e. The second-order valence-electron chi connectivity index (χ2n) is 5.61. The fourth-order valence-electron chi connectivity index (χ4n) is 2.91. The predicted octanol–water partition coefficient (Wildman–Crippen LogP) is 5.03. The molecule has 110 valence electrons. The molecule has 0 aromatic heterocycles. The average molecular weight is 406 g/mol. The molecule has 20 heavy (non-hydrogen) atoms. The van der Waals surface area contributed by atoms with E-state index >= 15 is 0 Å². The molecule has 0 aliphatic heterocycles. The molecule has 1 saturated carbocycles. The first kappa shape index (κ1) is 16.1. The normalized spacial score (nSPS) is 22.6. The molecule has 0 radical (unpaired) electrons. The Hall–Kier alpha value is -0.290. The van der Waals surface area contributed by atoms with Gasteiger partial charge in [-0.2, -0.15) is 0 Å².